The van der Waals surface area contributed by atoms with Gasteiger partial charge in [-0.3, -0.25) is 0 Å². The Balaban J connectivity index is 1.97. The van der Waals surface area contributed by atoms with E-state index in [2.05, 4.69) is 50.4 Å². The standard InChI is InChI=1S/C22H37INO/c1-4-8-18(5-2)11-12-22(23-6-3)19-9-7-10-21(17-19)24-20-13-15-25-16-14-20/h7,9-10,17-18,20,22,24H,4-6,8,11-16H2,1-3H3/q-1. The normalized spacial score (nSPS) is 18.2. The molecule has 0 radical (unpaired) electrons. The van der Waals surface area contributed by atoms with Gasteiger partial charge >= 0.3 is 166 Å². The average molecular weight is 458 g/mol. The predicted molar refractivity (Wildman–Crippen MR) is 105 cm³/mol. The molecule has 0 spiro atoms. The van der Waals surface area contributed by atoms with Crippen LogP contribution < -0.4 is 26.5 Å². The molecule has 1 aromatic carbocycles. The van der Waals surface area contributed by atoms with Crippen molar-refractivity contribution in [2.45, 2.75) is 75.7 Å². The molecule has 0 aromatic heterocycles. The molecular weight excluding hydrogens is 421 g/mol. The maximum absolute atomic E-state index is 5.48. The number of halogens is 1. The van der Waals surface area contributed by atoms with Gasteiger partial charge in [-0.1, -0.05) is 0 Å². The summed E-state index contributed by atoms with van der Waals surface area (Å²) in [5, 5.41) is 3.75. The molecular formula is C22H37INO-. The van der Waals surface area contributed by atoms with Gasteiger partial charge in [0, 0.05) is 0 Å². The summed E-state index contributed by atoms with van der Waals surface area (Å²) in [6, 6.07) is 9.89. The SMILES string of the molecule is CCCC(CC)CCC([I-]CC)c1cccc(NC2CCOCC2)c1. The summed E-state index contributed by atoms with van der Waals surface area (Å²) in [6.45, 7) is 8.86. The van der Waals surface area contributed by atoms with Gasteiger partial charge < -0.3 is 0 Å². The number of hydrogen-bond acceptors (Lipinski definition) is 2. The van der Waals surface area contributed by atoms with Crippen molar-refractivity contribution >= 4 is 5.69 Å². The molecule has 1 N–H and O–H groups in total. The molecule has 2 rings (SSSR count). The molecule has 0 bridgehead atoms. The molecule has 0 amide bonds. The van der Waals surface area contributed by atoms with Gasteiger partial charge in [0.1, 0.15) is 0 Å². The van der Waals surface area contributed by atoms with Crippen molar-refractivity contribution in [3.8, 4) is 0 Å². The van der Waals surface area contributed by atoms with Crippen molar-refractivity contribution < 1.29 is 25.9 Å². The summed E-state index contributed by atoms with van der Waals surface area (Å²) in [6.07, 6.45) is 9.13. The maximum atomic E-state index is 5.48. The first-order valence-corrected chi connectivity index (χ1v) is 13.1. The monoisotopic (exact) mass is 458 g/mol. The first-order valence-electron chi connectivity index (χ1n) is 10.3. The fourth-order valence-electron chi connectivity index (χ4n) is 3.76. The van der Waals surface area contributed by atoms with E-state index in [1.54, 1.807) is 5.56 Å². The third-order valence-corrected chi connectivity index (χ3v) is 8.57. The van der Waals surface area contributed by atoms with E-state index in [4.69, 9.17) is 4.74 Å². The van der Waals surface area contributed by atoms with Crippen LogP contribution >= 0.6 is 0 Å². The summed E-state index contributed by atoms with van der Waals surface area (Å²) < 4.78 is 7.69. The molecule has 1 aliphatic rings. The Kier molecular flexibility index (Phi) is 10.2. The van der Waals surface area contributed by atoms with Gasteiger partial charge in [-0.05, 0) is 0 Å². The number of nitrogens with one attached hydrogen (secondary N) is 1. The minimum absolute atomic E-state index is 0.255. The van der Waals surface area contributed by atoms with E-state index in [0.29, 0.717) is 6.04 Å². The van der Waals surface area contributed by atoms with Gasteiger partial charge in [0.15, 0.2) is 0 Å². The molecule has 1 heterocycles. The van der Waals surface area contributed by atoms with Crippen LogP contribution in [-0.2, 0) is 4.74 Å². The van der Waals surface area contributed by atoms with Crippen molar-refractivity contribution in [3.05, 3.63) is 29.8 Å². The number of benzene rings is 1. The summed E-state index contributed by atoms with van der Waals surface area (Å²) in [5.41, 5.74) is 2.90. The number of anilines is 1. The van der Waals surface area contributed by atoms with E-state index in [0.717, 1.165) is 35.9 Å². The molecule has 2 unspecified atom stereocenters. The number of alkyl halides is 2. The molecule has 0 aliphatic carbocycles. The Morgan fingerprint density at radius 3 is 2.60 bits per heavy atom. The van der Waals surface area contributed by atoms with E-state index in [1.807, 2.05) is 0 Å². The summed E-state index contributed by atoms with van der Waals surface area (Å²) in [7, 11) is 0. The number of ether oxygens (including phenoxy) is 1. The zero-order valence-corrected chi connectivity index (χ0v) is 18.6. The Morgan fingerprint density at radius 2 is 1.92 bits per heavy atom. The molecule has 2 nitrogen and oxygen atoms in total. The van der Waals surface area contributed by atoms with E-state index in [1.165, 1.54) is 42.2 Å². The summed E-state index contributed by atoms with van der Waals surface area (Å²) in [5.74, 6) is 0.928. The predicted octanol–water partition coefficient (Wildman–Crippen LogP) is 3.03. The molecule has 0 saturated carbocycles. The Labute approximate surface area is 165 Å². The van der Waals surface area contributed by atoms with Crippen LogP contribution in [0.1, 0.15) is 75.2 Å². The van der Waals surface area contributed by atoms with Crippen LogP contribution in [0.3, 0.4) is 0 Å². The van der Waals surface area contributed by atoms with Gasteiger partial charge in [-0.15, -0.1) is 0 Å². The van der Waals surface area contributed by atoms with Crippen LogP contribution in [0.15, 0.2) is 24.3 Å². The topological polar surface area (TPSA) is 21.3 Å². The van der Waals surface area contributed by atoms with Crippen molar-refractivity contribution in [2.75, 3.05) is 23.0 Å². The quantitative estimate of drug-likeness (QED) is 0.407. The first kappa shape index (κ1) is 21.0. The van der Waals surface area contributed by atoms with E-state index >= 15 is 0 Å². The number of hydrogen-bond donors (Lipinski definition) is 1. The zero-order valence-electron chi connectivity index (χ0n) is 16.4. The molecule has 25 heavy (non-hydrogen) atoms. The fraction of sp³-hybridized carbons (Fsp3) is 0.727. The van der Waals surface area contributed by atoms with Crippen LogP contribution in [0.25, 0.3) is 0 Å². The van der Waals surface area contributed by atoms with Crippen LogP contribution in [0, 0.1) is 5.92 Å². The Hall–Kier alpha value is -0.290. The zero-order chi connectivity index (χ0) is 17.9. The van der Waals surface area contributed by atoms with Gasteiger partial charge in [-0.25, -0.2) is 0 Å². The second-order valence-corrected chi connectivity index (χ2v) is 11.1. The second-order valence-electron chi connectivity index (χ2n) is 7.19. The van der Waals surface area contributed by atoms with Crippen molar-refractivity contribution in [3.63, 3.8) is 0 Å². The van der Waals surface area contributed by atoms with Crippen molar-refractivity contribution in [2.24, 2.45) is 5.92 Å². The van der Waals surface area contributed by atoms with Crippen molar-refractivity contribution in [1.82, 2.24) is 0 Å². The van der Waals surface area contributed by atoms with Gasteiger partial charge in [0.05, 0.1) is 0 Å². The van der Waals surface area contributed by atoms with Gasteiger partial charge in [0.2, 0.25) is 0 Å². The van der Waals surface area contributed by atoms with Crippen molar-refractivity contribution in [1.29, 1.82) is 0 Å². The van der Waals surface area contributed by atoms with E-state index in [9.17, 15) is 0 Å². The fourth-order valence-corrected chi connectivity index (χ4v) is 6.52. The molecule has 1 fully saturated rings. The molecule has 2 atom stereocenters. The van der Waals surface area contributed by atoms with Crippen LogP contribution in [0.4, 0.5) is 5.69 Å². The molecule has 1 saturated heterocycles. The van der Waals surface area contributed by atoms with Crippen LogP contribution in [0.5, 0.6) is 0 Å². The van der Waals surface area contributed by atoms with Gasteiger partial charge in [0.25, 0.3) is 0 Å². The third-order valence-electron chi connectivity index (χ3n) is 5.28. The molecule has 1 aromatic rings. The minimum atomic E-state index is 0.255. The van der Waals surface area contributed by atoms with Crippen LogP contribution in [0.2, 0.25) is 0 Å². The second kappa shape index (κ2) is 12.2. The average Bonchev–Trinajstić information content (AvgIpc) is 2.65. The first-order chi connectivity index (χ1) is 12.3. The number of rotatable bonds is 11. The summed E-state index contributed by atoms with van der Waals surface area (Å²) >= 11 is 0.255. The Bertz CT molecular complexity index is 473. The van der Waals surface area contributed by atoms with Gasteiger partial charge in [-0.2, -0.15) is 0 Å². The third kappa shape index (κ3) is 7.46. The molecule has 3 heteroatoms. The van der Waals surface area contributed by atoms with E-state index < -0.39 is 0 Å². The Morgan fingerprint density at radius 1 is 1.12 bits per heavy atom. The molecule has 144 valence electrons. The molecule has 1 aliphatic heterocycles. The van der Waals surface area contributed by atoms with Crippen LogP contribution in [-0.4, -0.2) is 23.7 Å². The van der Waals surface area contributed by atoms with E-state index in [-0.39, 0.29) is 21.2 Å². The summed E-state index contributed by atoms with van der Waals surface area (Å²) in [4.78, 5) is 0.